The Morgan fingerprint density at radius 3 is 2.89 bits per heavy atom. The second-order valence-corrected chi connectivity index (χ2v) is 5.50. The van der Waals surface area contributed by atoms with Crippen LogP contribution in [0.1, 0.15) is 26.5 Å². The van der Waals surface area contributed by atoms with Crippen molar-refractivity contribution in [3.05, 3.63) is 27.6 Å². The van der Waals surface area contributed by atoms with Gasteiger partial charge in [0.2, 0.25) is 0 Å². The number of rotatable bonds is 1. The fourth-order valence-corrected chi connectivity index (χ4v) is 3.35. The van der Waals surface area contributed by atoms with Gasteiger partial charge in [0.15, 0.2) is 6.29 Å². The van der Waals surface area contributed by atoms with E-state index in [1.165, 1.54) is 22.1 Å². The number of carbonyl (C=O) groups is 1. The zero-order valence-electron chi connectivity index (χ0n) is 9.70. The maximum atomic E-state index is 13.0. The van der Waals surface area contributed by atoms with Gasteiger partial charge in [-0.1, -0.05) is 0 Å². The Labute approximate surface area is 110 Å². The highest BCUT2D eigenvalue weighted by atomic mass is 32.1. The Bertz CT molecular complexity index is 642. The molecule has 7 heteroatoms. The molecule has 0 radical (unpaired) electrons. The summed E-state index contributed by atoms with van der Waals surface area (Å²) in [5.74, 6) is 0. The minimum absolute atomic E-state index is 0.0874. The molecule has 1 aliphatic heterocycles. The summed E-state index contributed by atoms with van der Waals surface area (Å²) in [7, 11) is 0. The number of alkyl halides is 3. The van der Waals surface area contributed by atoms with Crippen LogP contribution >= 0.6 is 11.3 Å². The van der Waals surface area contributed by atoms with Crippen LogP contribution in [-0.4, -0.2) is 16.1 Å². The van der Waals surface area contributed by atoms with E-state index in [9.17, 15) is 18.0 Å². The molecule has 0 aromatic carbocycles. The molecule has 0 aliphatic carbocycles. The summed E-state index contributed by atoms with van der Waals surface area (Å²) in [5, 5.41) is 3.83. The van der Waals surface area contributed by atoms with Crippen LogP contribution in [0.4, 0.5) is 13.2 Å². The lowest BCUT2D eigenvalue weighted by atomic mass is 10.1. The van der Waals surface area contributed by atoms with E-state index in [2.05, 4.69) is 5.10 Å². The van der Waals surface area contributed by atoms with Gasteiger partial charge in [0.05, 0.1) is 16.8 Å². The Balaban J connectivity index is 2.26. The van der Waals surface area contributed by atoms with Crippen molar-refractivity contribution in [2.45, 2.75) is 25.6 Å². The number of halogens is 3. The van der Waals surface area contributed by atoms with Gasteiger partial charge in [0, 0.05) is 17.0 Å². The number of aromatic nitrogens is 2. The lowest BCUT2D eigenvalue weighted by Crippen LogP contribution is -2.07. The maximum Gasteiger partial charge on any atom is 0.420 e. The first-order valence-electron chi connectivity index (χ1n) is 5.72. The average molecular weight is 286 g/mol. The fraction of sp³-hybridized carbons (Fsp3) is 0.333. The standard InChI is InChI=1S/C12H9F3N2OS/c13-12(14,15)9-5-16-17-3-1-2-10-8(11(9)17)4-7(6-18)19-10/h4-6H,1-3H2. The Morgan fingerprint density at radius 1 is 1.42 bits per heavy atom. The van der Waals surface area contributed by atoms with Crippen molar-refractivity contribution in [2.75, 3.05) is 0 Å². The second-order valence-electron chi connectivity index (χ2n) is 4.33. The van der Waals surface area contributed by atoms with Gasteiger partial charge in [-0.2, -0.15) is 18.3 Å². The van der Waals surface area contributed by atoms with Crippen molar-refractivity contribution in [3.8, 4) is 11.3 Å². The molecular formula is C12H9F3N2OS. The number of hydrogen-bond donors (Lipinski definition) is 0. The molecule has 0 fully saturated rings. The minimum Gasteiger partial charge on any atom is -0.297 e. The van der Waals surface area contributed by atoms with Crippen molar-refractivity contribution in [1.82, 2.24) is 9.78 Å². The van der Waals surface area contributed by atoms with Crippen molar-refractivity contribution in [1.29, 1.82) is 0 Å². The molecule has 0 amide bonds. The first-order valence-corrected chi connectivity index (χ1v) is 6.53. The topological polar surface area (TPSA) is 34.9 Å². The largest absolute Gasteiger partial charge is 0.420 e. The Morgan fingerprint density at radius 2 is 2.21 bits per heavy atom. The highest BCUT2D eigenvalue weighted by molar-refractivity contribution is 7.14. The van der Waals surface area contributed by atoms with Crippen LogP contribution in [-0.2, 0) is 19.1 Å². The minimum atomic E-state index is -4.43. The maximum absolute atomic E-state index is 13.0. The number of aldehydes is 1. The van der Waals surface area contributed by atoms with Crippen LogP contribution < -0.4 is 0 Å². The summed E-state index contributed by atoms with van der Waals surface area (Å²) in [6.45, 7) is 0.462. The van der Waals surface area contributed by atoms with Gasteiger partial charge in [-0.3, -0.25) is 9.48 Å². The molecule has 2 aromatic heterocycles. The van der Waals surface area contributed by atoms with Gasteiger partial charge in [0.25, 0.3) is 0 Å². The molecule has 0 saturated carbocycles. The predicted octanol–water partition coefficient (Wildman–Crippen LogP) is 3.39. The van der Waals surface area contributed by atoms with Gasteiger partial charge in [0.1, 0.15) is 5.56 Å². The van der Waals surface area contributed by atoms with E-state index in [4.69, 9.17) is 0 Å². The summed E-state index contributed by atoms with van der Waals surface area (Å²) >= 11 is 1.26. The molecule has 0 atom stereocenters. The SMILES string of the molecule is O=Cc1cc2c(s1)CCCn1ncc(C(F)(F)F)c1-2. The predicted molar refractivity (Wildman–Crippen MR) is 64.3 cm³/mol. The lowest BCUT2D eigenvalue weighted by molar-refractivity contribution is -0.137. The van der Waals surface area contributed by atoms with Gasteiger partial charge < -0.3 is 0 Å². The summed E-state index contributed by atoms with van der Waals surface area (Å²) in [6, 6.07) is 1.53. The summed E-state index contributed by atoms with van der Waals surface area (Å²) < 4.78 is 40.4. The Kier molecular flexibility index (Phi) is 2.74. The first kappa shape index (κ1) is 12.4. The van der Waals surface area contributed by atoms with Crippen LogP contribution in [0.15, 0.2) is 12.3 Å². The van der Waals surface area contributed by atoms with Crippen molar-refractivity contribution in [2.24, 2.45) is 0 Å². The summed E-state index contributed by atoms with van der Waals surface area (Å²) in [5.41, 5.74) is -0.148. The van der Waals surface area contributed by atoms with E-state index < -0.39 is 11.7 Å². The number of fused-ring (bicyclic) bond motifs is 3. The number of nitrogens with zero attached hydrogens (tertiary/aromatic N) is 2. The van der Waals surface area contributed by atoms with Crippen LogP contribution in [0.25, 0.3) is 11.3 Å². The molecule has 0 bridgehead atoms. The van der Waals surface area contributed by atoms with Crippen LogP contribution in [0.5, 0.6) is 0 Å². The number of carbonyl (C=O) groups excluding carboxylic acids is 1. The quantitative estimate of drug-likeness (QED) is 0.753. The highest BCUT2D eigenvalue weighted by Crippen LogP contribution is 2.42. The van der Waals surface area contributed by atoms with Crippen molar-refractivity contribution in [3.63, 3.8) is 0 Å². The van der Waals surface area contributed by atoms with Gasteiger partial charge in [-0.25, -0.2) is 0 Å². The van der Waals surface area contributed by atoms with E-state index in [0.29, 0.717) is 29.7 Å². The van der Waals surface area contributed by atoms with Gasteiger partial charge in [-0.05, 0) is 18.9 Å². The second kappa shape index (κ2) is 4.19. The van der Waals surface area contributed by atoms with E-state index in [1.807, 2.05) is 0 Å². The normalized spacial score (nSPS) is 14.7. The van der Waals surface area contributed by atoms with Crippen LogP contribution in [0.3, 0.4) is 0 Å². The molecule has 3 nitrogen and oxygen atoms in total. The summed E-state index contributed by atoms with van der Waals surface area (Å²) in [6.07, 6.45) is -1.50. The molecule has 1 aliphatic rings. The average Bonchev–Trinajstić information content (AvgIpc) is 2.89. The van der Waals surface area contributed by atoms with Gasteiger partial charge >= 0.3 is 6.18 Å². The van der Waals surface area contributed by atoms with E-state index in [0.717, 1.165) is 17.5 Å². The van der Waals surface area contributed by atoms with Crippen LogP contribution in [0, 0.1) is 0 Å². The van der Waals surface area contributed by atoms with E-state index >= 15 is 0 Å². The third kappa shape index (κ3) is 1.98. The smallest absolute Gasteiger partial charge is 0.297 e. The van der Waals surface area contributed by atoms with Crippen LogP contribution in [0.2, 0.25) is 0 Å². The van der Waals surface area contributed by atoms with Gasteiger partial charge in [-0.15, -0.1) is 11.3 Å². The molecule has 19 heavy (non-hydrogen) atoms. The molecule has 0 unspecified atom stereocenters. The van der Waals surface area contributed by atoms with Crippen molar-refractivity contribution < 1.29 is 18.0 Å². The molecule has 0 N–H and O–H groups in total. The fourth-order valence-electron chi connectivity index (χ4n) is 2.33. The number of thiophene rings is 1. The zero-order chi connectivity index (χ0) is 13.6. The van der Waals surface area contributed by atoms with Crippen molar-refractivity contribution >= 4 is 17.6 Å². The molecule has 100 valence electrons. The lowest BCUT2D eigenvalue weighted by Gasteiger charge is -2.08. The molecule has 3 rings (SSSR count). The third-order valence-corrected chi connectivity index (χ3v) is 4.24. The van der Waals surface area contributed by atoms with E-state index in [1.54, 1.807) is 0 Å². The number of aryl methyl sites for hydroxylation is 2. The van der Waals surface area contributed by atoms with E-state index in [-0.39, 0.29) is 5.69 Å². The molecule has 2 aromatic rings. The molecule has 0 saturated heterocycles. The molecular weight excluding hydrogens is 277 g/mol. The molecule has 0 spiro atoms. The third-order valence-electron chi connectivity index (χ3n) is 3.12. The monoisotopic (exact) mass is 286 g/mol. The summed E-state index contributed by atoms with van der Waals surface area (Å²) in [4.78, 5) is 12.1. The number of hydrogen-bond acceptors (Lipinski definition) is 3. The zero-order valence-corrected chi connectivity index (χ0v) is 10.5. The highest BCUT2D eigenvalue weighted by Gasteiger charge is 2.38. The molecule has 3 heterocycles. The first-order chi connectivity index (χ1) is 9.00. The Hall–Kier alpha value is -1.63.